The molecular formula is C15H16N2O2. The van der Waals surface area contributed by atoms with E-state index in [2.05, 4.69) is 9.55 Å². The first-order valence-corrected chi connectivity index (χ1v) is 6.94. The van der Waals surface area contributed by atoms with Gasteiger partial charge in [-0.15, -0.1) is 0 Å². The number of hydrogen-bond donors (Lipinski definition) is 1. The molecule has 0 saturated heterocycles. The molecule has 2 aliphatic rings. The summed E-state index contributed by atoms with van der Waals surface area (Å²) >= 11 is 0. The van der Waals surface area contributed by atoms with E-state index in [0.29, 0.717) is 11.6 Å². The van der Waals surface area contributed by atoms with Crippen LogP contribution in [-0.4, -0.2) is 20.6 Å². The number of benzene rings is 1. The number of carbonyl (C=O) groups is 1. The smallest absolute Gasteiger partial charge is 0.337 e. The van der Waals surface area contributed by atoms with Crippen LogP contribution >= 0.6 is 0 Å². The van der Waals surface area contributed by atoms with Crippen LogP contribution in [0.5, 0.6) is 0 Å². The summed E-state index contributed by atoms with van der Waals surface area (Å²) in [5.41, 5.74) is 1.98. The van der Waals surface area contributed by atoms with Crippen LogP contribution < -0.4 is 0 Å². The first-order chi connectivity index (χ1) is 9.25. The number of hydrogen-bond acceptors (Lipinski definition) is 2. The number of fused-ring (bicyclic) bond motifs is 1. The van der Waals surface area contributed by atoms with Gasteiger partial charge in [-0.1, -0.05) is 6.07 Å². The quantitative estimate of drug-likeness (QED) is 0.914. The number of aromatic nitrogens is 2. The van der Waals surface area contributed by atoms with Crippen molar-refractivity contribution in [3.8, 4) is 0 Å². The van der Waals surface area contributed by atoms with E-state index in [0.717, 1.165) is 22.9 Å². The standard InChI is InChI=1S/C15H16N2O2/c18-15(19)11-2-1-3-12-14(11)17(8-16-12)13(9-4-5-9)10-6-7-10/h1-3,8-10,13H,4-7H2,(H,18,19). The molecule has 19 heavy (non-hydrogen) atoms. The van der Waals surface area contributed by atoms with E-state index < -0.39 is 5.97 Å². The summed E-state index contributed by atoms with van der Waals surface area (Å²) in [6, 6.07) is 5.81. The van der Waals surface area contributed by atoms with E-state index in [1.54, 1.807) is 12.1 Å². The molecule has 0 bridgehead atoms. The number of carboxylic acid groups (broad SMARTS) is 1. The lowest BCUT2D eigenvalue weighted by Crippen LogP contribution is -2.14. The predicted molar refractivity (Wildman–Crippen MR) is 71.2 cm³/mol. The SMILES string of the molecule is O=C(O)c1cccc2ncn(C(C3CC3)C3CC3)c12. The van der Waals surface area contributed by atoms with Crippen LogP contribution in [-0.2, 0) is 0 Å². The number of rotatable bonds is 4. The van der Waals surface area contributed by atoms with E-state index in [1.807, 2.05) is 12.4 Å². The Morgan fingerprint density at radius 2 is 1.95 bits per heavy atom. The molecule has 1 aromatic carbocycles. The molecule has 0 atom stereocenters. The molecular weight excluding hydrogens is 240 g/mol. The Balaban J connectivity index is 1.91. The lowest BCUT2D eigenvalue weighted by molar-refractivity contribution is 0.0698. The molecule has 0 unspecified atom stereocenters. The highest BCUT2D eigenvalue weighted by molar-refractivity contribution is 6.01. The highest BCUT2D eigenvalue weighted by Crippen LogP contribution is 2.52. The fourth-order valence-electron chi connectivity index (χ4n) is 3.20. The molecule has 0 aliphatic heterocycles. The van der Waals surface area contributed by atoms with Gasteiger partial charge in [0.15, 0.2) is 0 Å². The van der Waals surface area contributed by atoms with Crippen molar-refractivity contribution in [1.29, 1.82) is 0 Å². The van der Waals surface area contributed by atoms with E-state index in [9.17, 15) is 9.90 Å². The molecule has 0 amide bonds. The van der Waals surface area contributed by atoms with Crippen LogP contribution in [0.4, 0.5) is 0 Å². The van der Waals surface area contributed by atoms with Gasteiger partial charge in [0.05, 0.1) is 22.9 Å². The summed E-state index contributed by atoms with van der Waals surface area (Å²) < 4.78 is 2.15. The predicted octanol–water partition coefficient (Wildman–Crippen LogP) is 3.10. The van der Waals surface area contributed by atoms with Gasteiger partial charge in [-0.3, -0.25) is 0 Å². The summed E-state index contributed by atoms with van der Waals surface area (Å²) in [4.78, 5) is 15.8. The molecule has 1 aromatic heterocycles. The Bertz CT molecular complexity index is 641. The second-order valence-electron chi connectivity index (χ2n) is 5.80. The molecule has 2 aromatic rings. The fourth-order valence-corrected chi connectivity index (χ4v) is 3.20. The van der Waals surface area contributed by atoms with Gasteiger partial charge in [0.1, 0.15) is 0 Å². The van der Waals surface area contributed by atoms with E-state index in [-0.39, 0.29) is 0 Å². The zero-order chi connectivity index (χ0) is 13.0. The normalized spacial score (nSPS) is 19.2. The molecule has 2 saturated carbocycles. The van der Waals surface area contributed by atoms with Crippen LogP contribution in [0, 0.1) is 11.8 Å². The summed E-state index contributed by atoms with van der Waals surface area (Å²) in [5, 5.41) is 9.37. The zero-order valence-electron chi connectivity index (χ0n) is 10.6. The van der Waals surface area contributed by atoms with Crippen molar-refractivity contribution >= 4 is 17.0 Å². The topological polar surface area (TPSA) is 55.1 Å². The van der Waals surface area contributed by atoms with Crippen molar-refractivity contribution in [2.45, 2.75) is 31.7 Å². The Hall–Kier alpha value is -1.84. The molecule has 4 heteroatoms. The summed E-state index contributed by atoms with van der Waals surface area (Å²) in [6.07, 6.45) is 6.94. The van der Waals surface area contributed by atoms with Gasteiger partial charge in [-0.2, -0.15) is 0 Å². The van der Waals surface area contributed by atoms with E-state index in [1.165, 1.54) is 25.7 Å². The minimum atomic E-state index is -0.863. The van der Waals surface area contributed by atoms with Crippen LogP contribution in [0.15, 0.2) is 24.5 Å². The lowest BCUT2D eigenvalue weighted by Gasteiger charge is -2.19. The van der Waals surface area contributed by atoms with Gasteiger partial charge >= 0.3 is 5.97 Å². The molecule has 4 rings (SSSR count). The van der Waals surface area contributed by atoms with Crippen LogP contribution in [0.2, 0.25) is 0 Å². The molecule has 1 heterocycles. The zero-order valence-corrected chi connectivity index (χ0v) is 10.6. The molecule has 0 spiro atoms. The van der Waals surface area contributed by atoms with Gasteiger partial charge < -0.3 is 9.67 Å². The third-order valence-electron chi connectivity index (χ3n) is 4.36. The van der Waals surface area contributed by atoms with Gasteiger partial charge in [0, 0.05) is 6.04 Å². The Morgan fingerprint density at radius 3 is 2.53 bits per heavy atom. The Labute approximate surface area is 111 Å². The largest absolute Gasteiger partial charge is 0.478 e. The minimum Gasteiger partial charge on any atom is -0.478 e. The van der Waals surface area contributed by atoms with Crippen LogP contribution in [0.1, 0.15) is 42.1 Å². The van der Waals surface area contributed by atoms with Crippen LogP contribution in [0.25, 0.3) is 11.0 Å². The van der Waals surface area contributed by atoms with Crippen molar-refractivity contribution in [2.75, 3.05) is 0 Å². The van der Waals surface area contributed by atoms with Crippen molar-refractivity contribution in [3.05, 3.63) is 30.1 Å². The molecule has 2 aliphatic carbocycles. The van der Waals surface area contributed by atoms with Crippen molar-refractivity contribution in [3.63, 3.8) is 0 Å². The maximum Gasteiger partial charge on any atom is 0.337 e. The average molecular weight is 256 g/mol. The molecule has 1 N–H and O–H groups in total. The molecule has 2 fully saturated rings. The minimum absolute atomic E-state index is 0.376. The summed E-state index contributed by atoms with van der Waals surface area (Å²) in [7, 11) is 0. The first-order valence-electron chi connectivity index (χ1n) is 6.94. The van der Waals surface area contributed by atoms with Crippen LogP contribution in [0.3, 0.4) is 0 Å². The summed E-state index contributed by atoms with van der Waals surface area (Å²) in [6.45, 7) is 0. The van der Waals surface area contributed by atoms with Crippen molar-refractivity contribution in [1.82, 2.24) is 9.55 Å². The number of aromatic carboxylic acids is 1. The highest BCUT2D eigenvalue weighted by Gasteiger charge is 2.43. The highest BCUT2D eigenvalue weighted by atomic mass is 16.4. The van der Waals surface area contributed by atoms with Gasteiger partial charge in [0.25, 0.3) is 0 Å². The lowest BCUT2D eigenvalue weighted by atomic mass is 10.1. The number of imidazole rings is 1. The number of nitrogens with zero attached hydrogens (tertiary/aromatic N) is 2. The van der Waals surface area contributed by atoms with Crippen molar-refractivity contribution in [2.24, 2.45) is 11.8 Å². The Kier molecular flexibility index (Phi) is 2.22. The molecule has 0 radical (unpaired) electrons. The second-order valence-corrected chi connectivity index (χ2v) is 5.80. The number of carboxylic acids is 1. The van der Waals surface area contributed by atoms with E-state index >= 15 is 0 Å². The first kappa shape index (κ1) is 11.0. The van der Waals surface area contributed by atoms with E-state index in [4.69, 9.17) is 0 Å². The maximum atomic E-state index is 11.4. The number of para-hydroxylation sites is 1. The third-order valence-corrected chi connectivity index (χ3v) is 4.36. The van der Waals surface area contributed by atoms with Gasteiger partial charge in [-0.25, -0.2) is 9.78 Å². The average Bonchev–Trinajstić information content (AvgIpc) is 3.29. The Morgan fingerprint density at radius 1 is 1.26 bits per heavy atom. The third kappa shape index (κ3) is 1.74. The molecule has 98 valence electrons. The van der Waals surface area contributed by atoms with Gasteiger partial charge in [-0.05, 0) is 49.7 Å². The monoisotopic (exact) mass is 256 g/mol. The second kappa shape index (κ2) is 3.83. The fraction of sp³-hybridized carbons (Fsp3) is 0.467. The molecule has 4 nitrogen and oxygen atoms in total. The summed E-state index contributed by atoms with van der Waals surface area (Å²) in [5.74, 6) is 0.594. The maximum absolute atomic E-state index is 11.4. The van der Waals surface area contributed by atoms with Crippen molar-refractivity contribution < 1.29 is 9.90 Å². The van der Waals surface area contributed by atoms with Gasteiger partial charge in [0.2, 0.25) is 0 Å².